The fraction of sp³-hybridized carbons (Fsp3) is 0.652. The second-order valence-electron chi connectivity index (χ2n) is 8.55. The van der Waals surface area contributed by atoms with Crippen molar-refractivity contribution in [2.45, 2.75) is 50.5 Å². The largest absolute Gasteiger partial charge is 0.504 e. The number of halogens is 1. The van der Waals surface area contributed by atoms with Gasteiger partial charge < -0.3 is 14.7 Å². The second-order valence-corrected chi connectivity index (χ2v) is 8.98. The highest BCUT2D eigenvalue weighted by atomic mass is 35.5. The van der Waals surface area contributed by atoms with Gasteiger partial charge in [0.1, 0.15) is 0 Å². The Bertz CT molecular complexity index is 650. The van der Waals surface area contributed by atoms with Gasteiger partial charge in [0.2, 0.25) is 0 Å². The number of nitrogens with zero attached hydrogens (tertiary/aromatic N) is 2. The van der Waals surface area contributed by atoms with Gasteiger partial charge in [-0.15, -0.1) is 0 Å². The van der Waals surface area contributed by atoms with Crippen LogP contribution in [-0.2, 0) is 4.74 Å². The van der Waals surface area contributed by atoms with Gasteiger partial charge in [0.15, 0.2) is 0 Å². The molecule has 2 fully saturated rings. The molecule has 3 rings (SSSR count). The van der Waals surface area contributed by atoms with Crippen molar-refractivity contribution >= 4 is 11.6 Å². The molecule has 156 valence electrons. The molecule has 0 amide bonds. The molecule has 2 aliphatic rings. The van der Waals surface area contributed by atoms with Crippen molar-refractivity contribution in [3.8, 4) is 0 Å². The summed E-state index contributed by atoms with van der Waals surface area (Å²) >= 11 is 6.29. The lowest BCUT2D eigenvalue weighted by Crippen LogP contribution is -2.51. The summed E-state index contributed by atoms with van der Waals surface area (Å²) in [4.78, 5) is 5.00. The number of hydrogen-bond donors (Lipinski definition) is 1. The van der Waals surface area contributed by atoms with Gasteiger partial charge in [0, 0.05) is 50.2 Å². The standard InChI is InChI=1S/C23H35ClN2O2/c1-19(18-28-2)16-25-11-13-26(14-12-25)17-22(20-7-6-8-21(24)15-20)23(27)9-4-3-5-10-23/h6-8,15,18,22,27H,3-5,9-14,16-17H2,1-2H3/b19-18+. The zero-order chi connectivity index (χ0) is 20.0. The molecule has 0 bridgehead atoms. The Labute approximate surface area is 175 Å². The van der Waals surface area contributed by atoms with Gasteiger partial charge in [-0.25, -0.2) is 0 Å². The Kier molecular flexibility index (Phi) is 7.81. The van der Waals surface area contributed by atoms with Gasteiger partial charge in [-0.05, 0) is 43.0 Å². The third-order valence-electron chi connectivity index (χ3n) is 6.32. The Balaban J connectivity index is 1.66. The molecule has 1 heterocycles. The normalized spacial score (nSPS) is 22.8. The van der Waals surface area contributed by atoms with Gasteiger partial charge >= 0.3 is 0 Å². The SMILES string of the molecule is CO/C=C(\C)CN1CCN(CC(c2cccc(Cl)c2)C2(O)CCCCC2)CC1. The smallest absolute Gasteiger partial charge is 0.0826 e. The van der Waals surface area contributed by atoms with Crippen molar-refractivity contribution in [3.63, 3.8) is 0 Å². The van der Waals surface area contributed by atoms with Crippen LogP contribution in [0.4, 0.5) is 0 Å². The Morgan fingerprint density at radius 3 is 2.50 bits per heavy atom. The van der Waals surface area contributed by atoms with Gasteiger partial charge in [0.25, 0.3) is 0 Å². The average molecular weight is 407 g/mol. The Morgan fingerprint density at radius 1 is 1.18 bits per heavy atom. The van der Waals surface area contributed by atoms with Crippen LogP contribution in [0, 0.1) is 0 Å². The van der Waals surface area contributed by atoms with Gasteiger partial charge in [0.05, 0.1) is 19.0 Å². The maximum absolute atomic E-state index is 11.5. The minimum Gasteiger partial charge on any atom is -0.504 e. The average Bonchev–Trinajstić information content (AvgIpc) is 2.68. The van der Waals surface area contributed by atoms with E-state index < -0.39 is 5.60 Å². The highest BCUT2D eigenvalue weighted by Gasteiger charge is 2.40. The van der Waals surface area contributed by atoms with Crippen molar-refractivity contribution in [1.29, 1.82) is 0 Å². The third kappa shape index (κ3) is 5.73. The highest BCUT2D eigenvalue weighted by Crippen LogP contribution is 2.41. The number of rotatable bonds is 7. The van der Waals surface area contributed by atoms with Gasteiger partial charge in [-0.1, -0.05) is 43.0 Å². The molecule has 1 saturated carbocycles. The lowest BCUT2D eigenvalue weighted by atomic mass is 9.72. The molecule has 1 N–H and O–H groups in total. The van der Waals surface area contributed by atoms with Crippen molar-refractivity contribution in [1.82, 2.24) is 9.80 Å². The molecular weight excluding hydrogens is 372 g/mol. The van der Waals surface area contributed by atoms with E-state index in [1.165, 1.54) is 17.6 Å². The maximum atomic E-state index is 11.5. The number of piperazine rings is 1. The van der Waals surface area contributed by atoms with Crippen molar-refractivity contribution in [2.24, 2.45) is 0 Å². The molecular formula is C23H35ClN2O2. The molecule has 4 nitrogen and oxygen atoms in total. The van der Waals surface area contributed by atoms with Crippen molar-refractivity contribution < 1.29 is 9.84 Å². The topological polar surface area (TPSA) is 35.9 Å². The van der Waals surface area contributed by atoms with Crippen LogP contribution in [0.25, 0.3) is 0 Å². The minimum absolute atomic E-state index is 0.119. The maximum Gasteiger partial charge on any atom is 0.0826 e. The molecule has 0 aromatic heterocycles. The van der Waals surface area contributed by atoms with E-state index in [-0.39, 0.29) is 5.92 Å². The number of aliphatic hydroxyl groups is 1. The van der Waals surface area contributed by atoms with E-state index in [1.54, 1.807) is 7.11 Å². The predicted molar refractivity (Wildman–Crippen MR) is 116 cm³/mol. The van der Waals surface area contributed by atoms with Gasteiger partial charge in [-0.2, -0.15) is 0 Å². The summed E-state index contributed by atoms with van der Waals surface area (Å²) in [5, 5.41) is 12.3. The first-order chi connectivity index (χ1) is 13.5. The summed E-state index contributed by atoms with van der Waals surface area (Å²) in [7, 11) is 1.70. The quantitative estimate of drug-likeness (QED) is 0.685. The molecule has 28 heavy (non-hydrogen) atoms. The molecule has 1 aliphatic heterocycles. The molecule has 1 aromatic rings. The molecule has 1 aromatic carbocycles. The van der Waals surface area contributed by atoms with Crippen molar-refractivity contribution in [2.75, 3.05) is 46.4 Å². The number of hydrogen-bond acceptors (Lipinski definition) is 4. The van der Waals surface area contributed by atoms with E-state index >= 15 is 0 Å². The van der Waals surface area contributed by atoms with Crippen LogP contribution in [0.2, 0.25) is 5.02 Å². The third-order valence-corrected chi connectivity index (χ3v) is 6.55. The molecule has 0 spiro atoms. The lowest BCUT2D eigenvalue weighted by Gasteiger charge is -2.43. The molecule has 5 heteroatoms. The molecule has 1 atom stereocenters. The predicted octanol–water partition coefficient (Wildman–Crippen LogP) is 4.29. The first-order valence-corrected chi connectivity index (χ1v) is 11.0. The van der Waals surface area contributed by atoms with Crippen LogP contribution in [-0.4, -0.2) is 66.9 Å². The summed E-state index contributed by atoms with van der Waals surface area (Å²) in [5.41, 5.74) is 1.82. The molecule has 1 saturated heterocycles. The summed E-state index contributed by atoms with van der Waals surface area (Å²) in [6.45, 7) is 8.15. The minimum atomic E-state index is -0.613. The highest BCUT2D eigenvalue weighted by molar-refractivity contribution is 6.30. The fourth-order valence-electron chi connectivity index (χ4n) is 4.80. The monoisotopic (exact) mass is 406 g/mol. The van der Waals surface area contributed by atoms with Crippen LogP contribution in [0.5, 0.6) is 0 Å². The van der Waals surface area contributed by atoms with Gasteiger partial charge in [-0.3, -0.25) is 4.90 Å². The van der Waals surface area contributed by atoms with E-state index in [9.17, 15) is 5.11 Å². The first kappa shape index (κ1) is 21.6. The second kappa shape index (κ2) is 10.1. The van der Waals surface area contributed by atoms with E-state index in [4.69, 9.17) is 16.3 Å². The van der Waals surface area contributed by atoms with Crippen LogP contribution in [0.1, 0.15) is 50.5 Å². The molecule has 1 aliphatic carbocycles. The zero-order valence-electron chi connectivity index (χ0n) is 17.4. The molecule has 1 unspecified atom stereocenters. The van der Waals surface area contributed by atoms with Crippen LogP contribution < -0.4 is 0 Å². The lowest BCUT2D eigenvalue weighted by molar-refractivity contribution is -0.0340. The van der Waals surface area contributed by atoms with Crippen LogP contribution in [0.15, 0.2) is 36.1 Å². The molecule has 0 radical (unpaired) electrons. The summed E-state index contributed by atoms with van der Waals surface area (Å²) in [5.74, 6) is 0.119. The zero-order valence-corrected chi connectivity index (χ0v) is 18.1. The van der Waals surface area contributed by atoms with Crippen LogP contribution >= 0.6 is 11.6 Å². The Morgan fingerprint density at radius 2 is 1.86 bits per heavy atom. The summed E-state index contributed by atoms with van der Waals surface area (Å²) in [6, 6.07) is 8.12. The summed E-state index contributed by atoms with van der Waals surface area (Å²) < 4.78 is 5.12. The number of ether oxygens (including phenoxy) is 1. The fourth-order valence-corrected chi connectivity index (χ4v) is 5.00. The summed E-state index contributed by atoms with van der Waals surface area (Å²) in [6.07, 6.45) is 7.09. The number of benzene rings is 1. The van der Waals surface area contributed by atoms with E-state index in [2.05, 4.69) is 22.8 Å². The van der Waals surface area contributed by atoms with E-state index in [0.29, 0.717) is 0 Å². The van der Waals surface area contributed by atoms with E-state index in [0.717, 1.165) is 70.0 Å². The van der Waals surface area contributed by atoms with Crippen molar-refractivity contribution in [3.05, 3.63) is 46.7 Å². The Hall–Kier alpha value is -1.07. The first-order valence-electron chi connectivity index (χ1n) is 10.6. The van der Waals surface area contributed by atoms with Crippen LogP contribution in [0.3, 0.4) is 0 Å². The number of methoxy groups -OCH3 is 1. The van der Waals surface area contributed by atoms with E-state index in [1.807, 2.05) is 24.5 Å².